The molecule has 1 amide bonds. The van der Waals surface area contributed by atoms with Gasteiger partial charge in [0.15, 0.2) is 7.85 Å². The van der Waals surface area contributed by atoms with E-state index in [-0.39, 0.29) is 17.3 Å². The molecule has 0 bridgehead atoms. The van der Waals surface area contributed by atoms with Gasteiger partial charge in [0.1, 0.15) is 11.4 Å². The van der Waals surface area contributed by atoms with E-state index in [2.05, 4.69) is 17.9 Å². The van der Waals surface area contributed by atoms with Crippen LogP contribution in [-0.2, 0) is 16.0 Å². The molecule has 0 heterocycles. The van der Waals surface area contributed by atoms with Crippen LogP contribution in [0.1, 0.15) is 12.0 Å². The van der Waals surface area contributed by atoms with Gasteiger partial charge < -0.3 is 15.2 Å². The first-order valence-corrected chi connectivity index (χ1v) is 6.34. The quantitative estimate of drug-likeness (QED) is 0.497. The number of hydrogen-bond acceptors (Lipinski definition) is 4. The summed E-state index contributed by atoms with van der Waals surface area (Å²) in [7, 11) is 1.45. The smallest absolute Gasteiger partial charge is 0.221 e. The van der Waals surface area contributed by atoms with Gasteiger partial charge in [0, 0.05) is 6.42 Å². The van der Waals surface area contributed by atoms with Crippen molar-refractivity contribution in [2.75, 3.05) is 5.75 Å². The monoisotopic (exact) mass is 265 g/mol. The minimum Gasteiger partial charge on any atom is -0.508 e. The molecule has 0 aliphatic carbocycles. The van der Waals surface area contributed by atoms with E-state index in [4.69, 9.17) is 0 Å². The summed E-state index contributed by atoms with van der Waals surface area (Å²) in [5.41, 5.74) is 0.801. The van der Waals surface area contributed by atoms with Gasteiger partial charge in [-0.05, 0) is 29.9 Å². The highest BCUT2D eigenvalue weighted by atomic mass is 32.1. The summed E-state index contributed by atoms with van der Waals surface area (Å²) in [6.07, 6.45) is 0.719. The van der Waals surface area contributed by atoms with Crippen molar-refractivity contribution in [3.8, 4) is 5.75 Å². The van der Waals surface area contributed by atoms with E-state index in [0.717, 1.165) is 5.56 Å². The lowest BCUT2D eigenvalue weighted by Gasteiger charge is -2.16. The molecule has 1 atom stereocenters. The van der Waals surface area contributed by atoms with Crippen molar-refractivity contribution < 1.29 is 14.7 Å². The molecular formula is C12H16BNO3S. The fraction of sp³-hybridized carbons (Fsp3) is 0.333. The Bertz CT molecular complexity index is 422. The number of thiol groups is 1. The van der Waals surface area contributed by atoms with Crippen molar-refractivity contribution in [3.05, 3.63) is 29.8 Å². The molecule has 1 aromatic rings. The molecule has 18 heavy (non-hydrogen) atoms. The number of carbonyl (C=O) groups excluding carboxylic acids is 2. The molecule has 6 heteroatoms. The van der Waals surface area contributed by atoms with Crippen LogP contribution in [0.3, 0.4) is 0 Å². The molecule has 0 radical (unpaired) electrons. The number of benzene rings is 1. The Morgan fingerprint density at radius 2 is 1.94 bits per heavy atom. The molecule has 0 fully saturated rings. The van der Waals surface area contributed by atoms with Crippen molar-refractivity contribution >= 4 is 32.1 Å². The van der Waals surface area contributed by atoms with Gasteiger partial charge in [-0.2, -0.15) is 12.6 Å². The maximum atomic E-state index is 11.5. The average molecular weight is 265 g/mol. The van der Waals surface area contributed by atoms with Gasteiger partial charge >= 0.3 is 0 Å². The van der Waals surface area contributed by atoms with E-state index < -0.39 is 6.04 Å². The Labute approximate surface area is 113 Å². The van der Waals surface area contributed by atoms with E-state index in [9.17, 15) is 14.7 Å². The molecule has 0 spiro atoms. The Morgan fingerprint density at radius 3 is 2.44 bits per heavy atom. The van der Waals surface area contributed by atoms with Crippen molar-refractivity contribution in [2.45, 2.75) is 18.9 Å². The van der Waals surface area contributed by atoms with Crippen LogP contribution in [0.4, 0.5) is 0 Å². The van der Waals surface area contributed by atoms with Crippen LogP contribution in [0.5, 0.6) is 5.75 Å². The van der Waals surface area contributed by atoms with E-state index in [1.165, 1.54) is 7.85 Å². The lowest BCUT2D eigenvalue weighted by molar-refractivity contribution is -0.124. The Morgan fingerprint density at radius 1 is 1.33 bits per heavy atom. The van der Waals surface area contributed by atoms with E-state index in [1.807, 2.05) is 0 Å². The summed E-state index contributed by atoms with van der Waals surface area (Å²) in [5.74, 6) is 0.455. The molecular weight excluding hydrogens is 249 g/mol. The number of hydrogen-bond donors (Lipinski definition) is 3. The molecule has 1 unspecified atom stereocenters. The molecule has 4 nitrogen and oxygen atoms in total. The molecule has 96 valence electrons. The van der Waals surface area contributed by atoms with Gasteiger partial charge in [0.05, 0.1) is 6.04 Å². The highest BCUT2D eigenvalue weighted by Crippen LogP contribution is 2.11. The number of nitrogens with one attached hydrogen (secondary N) is 1. The third-order valence-electron chi connectivity index (χ3n) is 2.54. The highest BCUT2D eigenvalue weighted by molar-refractivity contribution is 7.80. The van der Waals surface area contributed by atoms with E-state index in [1.54, 1.807) is 24.3 Å². The molecule has 1 aromatic carbocycles. The van der Waals surface area contributed by atoms with Crippen LogP contribution in [-0.4, -0.2) is 36.3 Å². The van der Waals surface area contributed by atoms with Gasteiger partial charge in [-0.3, -0.25) is 4.79 Å². The highest BCUT2D eigenvalue weighted by Gasteiger charge is 2.16. The molecule has 0 aliphatic rings. The van der Waals surface area contributed by atoms with Crippen molar-refractivity contribution in [2.24, 2.45) is 0 Å². The molecule has 0 aromatic heterocycles. The number of phenolic OH excluding ortho intramolecular Hbond substituents is 1. The molecule has 1 rings (SSSR count). The second kappa shape index (κ2) is 7.11. The van der Waals surface area contributed by atoms with Crippen LogP contribution in [0.2, 0.25) is 0 Å². The summed E-state index contributed by atoms with van der Waals surface area (Å²) < 4.78 is 0. The number of aromatic hydroxyl groups is 1. The summed E-state index contributed by atoms with van der Waals surface area (Å²) in [6, 6.07) is 6.05. The summed E-state index contributed by atoms with van der Waals surface area (Å²) in [6.45, 7) is 0. The fourth-order valence-electron chi connectivity index (χ4n) is 1.53. The third-order valence-corrected chi connectivity index (χ3v) is 2.76. The van der Waals surface area contributed by atoms with Crippen molar-refractivity contribution in [1.29, 1.82) is 0 Å². The van der Waals surface area contributed by atoms with E-state index in [0.29, 0.717) is 18.6 Å². The zero-order chi connectivity index (χ0) is 13.5. The first kappa shape index (κ1) is 14.6. The number of amides is 1. The maximum Gasteiger partial charge on any atom is 0.221 e. The zero-order valence-corrected chi connectivity index (χ0v) is 11.1. The normalized spacial score (nSPS) is 11.8. The van der Waals surface area contributed by atoms with E-state index >= 15 is 0 Å². The number of rotatable bonds is 6. The Balaban J connectivity index is 2.65. The Kier molecular flexibility index (Phi) is 5.78. The summed E-state index contributed by atoms with van der Waals surface area (Å²) in [4.78, 5) is 22.9. The van der Waals surface area contributed by atoms with Crippen LogP contribution < -0.4 is 5.32 Å². The second-order valence-corrected chi connectivity index (χ2v) is 4.52. The number of carbonyl (C=O) groups is 2. The van der Waals surface area contributed by atoms with Gasteiger partial charge in [0.2, 0.25) is 5.91 Å². The fourth-order valence-corrected chi connectivity index (χ4v) is 1.74. The van der Waals surface area contributed by atoms with Crippen LogP contribution in [0.15, 0.2) is 24.3 Å². The van der Waals surface area contributed by atoms with Crippen LogP contribution in [0, 0.1) is 0 Å². The topological polar surface area (TPSA) is 66.4 Å². The maximum absolute atomic E-state index is 11.5. The molecule has 2 N–H and O–H groups in total. The minimum atomic E-state index is -0.526. The lowest BCUT2D eigenvalue weighted by Crippen LogP contribution is -2.42. The third kappa shape index (κ3) is 4.83. The van der Waals surface area contributed by atoms with Gasteiger partial charge in [-0.25, -0.2) is 0 Å². The first-order chi connectivity index (χ1) is 8.52. The van der Waals surface area contributed by atoms with Crippen molar-refractivity contribution in [1.82, 2.24) is 5.32 Å². The first-order valence-electron chi connectivity index (χ1n) is 5.71. The standard InChI is InChI=1S/C12H16BNO3S/c13-12(17)10(14-11(16)5-6-18)7-8-1-3-9(15)4-2-8/h1-4,10,15,18H,5-7,13H2,(H,14,16). The predicted molar refractivity (Wildman–Crippen MR) is 75.8 cm³/mol. The van der Waals surface area contributed by atoms with Gasteiger partial charge in [0.25, 0.3) is 0 Å². The number of phenols is 1. The molecule has 0 saturated heterocycles. The molecule has 0 aliphatic heterocycles. The lowest BCUT2D eigenvalue weighted by atomic mass is 9.90. The zero-order valence-electron chi connectivity index (χ0n) is 10.2. The Hall–Kier alpha value is -1.43. The van der Waals surface area contributed by atoms with Crippen molar-refractivity contribution in [3.63, 3.8) is 0 Å². The van der Waals surface area contributed by atoms with Gasteiger partial charge in [-0.1, -0.05) is 12.1 Å². The summed E-state index contributed by atoms with van der Waals surface area (Å²) >= 11 is 3.97. The largest absolute Gasteiger partial charge is 0.508 e. The predicted octanol–water partition coefficient (Wildman–Crippen LogP) is -0.101. The van der Waals surface area contributed by atoms with Crippen LogP contribution in [0.25, 0.3) is 0 Å². The minimum absolute atomic E-state index is 0.0874. The van der Waals surface area contributed by atoms with Crippen LogP contribution >= 0.6 is 12.6 Å². The SMILES string of the molecule is BC(=O)C(Cc1ccc(O)cc1)NC(=O)CCS. The molecule has 0 saturated carbocycles. The second-order valence-electron chi connectivity index (χ2n) is 4.07. The van der Waals surface area contributed by atoms with Gasteiger partial charge in [-0.15, -0.1) is 0 Å². The average Bonchev–Trinajstić information content (AvgIpc) is 2.31. The summed E-state index contributed by atoms with van der Waals surface area (Å²) in [5, 5.41) is 11.9.